The van der Waals surface area contributed by atoms with Crippen LogP contribution in [0.15, 0.2) is 24.3 Å². The van der Waals surface area contributed by atoms with Crippen molar-refractivity contribution in [1.82, 2.24) is 15.0 Å². The van der Waals surface area contributed by atoms with E-state index in [1.54, 1.807) is 0 Å². The molecule has 18 heavy (non-hydrogen) atoms. The van der Waals surface area contributed by atoms with E-state index in [1.165, 1.54) is 11.1 Å². The number of rotatable bonds is 5. The van der Waals surface area contributed by atoms with Crippen LogP contribution in [0.2, 0.25) is 0 Å². The summed E-state index contributed by atoms with van der Waals surface area (Å²) in [5.41, 5.74) is 3.79. The fraction of sp³-hybridized carbons (Fsp3) is 0.357. The summed E-state index contributed by atoms with van der Waals surface area (Å²) in [5.74, 6) is 0. The molecule has 0 atom stereocenters. The van der Waals surface area contributed by atoms with E-state index in [9.17, 15) is 4.79 Å². The van der Waals surface area contributed by atoms with Gasteiger partial charge in [0, 0.05) is 0 Å². The van der Waals surface area contributed by atoms with Gasteiger partial charge in [-0.2, -0.15) is 0 Å². The molecule has 0 radical (unpaired) electrons. The van der Waals surface area contributed by atoms with Crippen LogP contribution in [0.25, 0.3) is 0 Å². The van der Waals surface area contributed by atoms with Gasteiger partial charge in [0.05, 0.1) is 12.2 Å². The smallest absolute Gasteiger partial charge is 0.172 e. The van der Waals surface area contributed by atoms with Gasteiger partial charge in [0.1, 0.15) is 5.69 Å². The second-order valence-corrected chi connectivity index (χ2v) is 4.44. The maximum atomic E-state index is 10.9. The Morgan fingerprint density at radius 3 is 2.89 bits per heavy atom. The summed E-state index contributed by atoms with van der Waals surface area (Å²) in [6.07, 6.45) is 2.58. The fourth-order valence-electron chi connectivity index (χ4n) is 2.04. The van der Waals surface area contributed by atoms with E-state index in [2.05, 4.69) is 42.4 Å². The second-order valence-electron chi connectivity index (χ2n) is 4.44. The number of carbonyl (C=O) groups is 1. The Balaban J connectivity index is 2.28. The molecule has 1 aromatic heterocycles. The first-order valence-corrected chi connectivity index (χ1v) is 6.17. The van der Waals surface area contributed by atoms with Crippen LogP contribution in [0.3, 0.4) is 0 Å². The van der Waals surface area contributed by atoms with Gasteiger partial charge in [-0.15, -0.1) is 5.10 Å². The first-order chi connectivity index (χ1) is 8.74. The Morgan fingerprint density at radius 2 is 2.22 bits per heavy atom. The van der Waals surface area contributed by atoms with Crippen LogP contribution in [-0.2, 0) is 13.0 Å². The molecule has 4 heteroatoms. The van der Waals surface area contributed by atoms with Crippen molar-refractivity contribution in [2.24, 2.45) is 0 Å². The lowest BCUT2D eigenvalue weighted by Gasteiger charge is -2.06. The molecule has 0 aliphatic carbocycles. The molecule has 0 saturated heterocycles. The highest BCUT2D eigenvalue weighted by Gasteiger charge is 2.11. The zero-order valence-corrected chi connectivity index (χ0v) is 10.8. The number of hydrogen-bond donors (Lipinski definition) is 0. The first-order valence-electron chi connectivity index (χ1n) is 6.17. The lowest BCUT2D eigenvalue weighted by molar-refractivity contribution is 0.111. The maximum absolute atomic E-state index is 10.9. The highest BCUT2D eigenvalue weighted by Crippen LogP contribution is 2.11. The van der Waals surface area contributed by atoms with Crippen molar-refractivity contribution in [2.45, 2.75) is 33.2 Å². The minimum Gasteiger partial charge on any atom is -0.296 e. The fourth-order valence-corrected chi connectivity index (χ4v) is 2.04. The molecule has 0 bridgehead atoms. The molecule has 0 unspecified atom stereocenters. The Bertz CT molecular complexity index is 546. The van der Waals surface area contributed by atoms with E-state index in [1.807, 2.05) is 10.7 Å². The van der Waals surface area contributed by atoms with Crippen LogP contribution < -0.4 is 0 Å². The third kappa shape index (κ3) is 2.64. The summed E-state index contributed by atoms with van der Waals surface area (Å²) in [6, 6.07) is 8.28. The van der Waals surface area contributed by atoms with Gasteiger partial charge < -0.3 is 0 Å². The zero-order valence-electron chi connectivity index (χ0n) is 10.8. The van der Waals surface area contributed by atoms with Crippen LogP contribution in [0.1, 0.15) is 40.7 Å². The van der Waals surface area contributed by atoms with Crippen molar-refractivity contribution >= 4 is 6.29 Å². The summed E-state index contributed by atoms with van der Waals surface area (Å²) in [7, 11) is 0. The third-order valence-corrected chi connectivity index (χ3v) is 2.88. The highest BCUT2D eigenvalue weighted by molar-refractivity contribution is 5.73. The zero-order chi connectivity index (χ0) is 13.0. The van der Waals surface area contributed by atoms with Crippen molar-refractivity contribution in [3.05, 3.63) is 46.8 Å². The molecular weight excluding hydrogens is 226 g/mol. The second kappa shape index (κ2) is 5.58. The number of aryl methyl sites for hydroxylation is 1. The largest absolute Gasteiger partial charge is 0.296 e. The number of benzene rings is 1. The molecule has 0 aliphatic rings. The van der Waals surface area contributed by atoms with Gasteiger partial charge in [0.2, 0.25) is 0 Å². The normalized spacial score (nSPS) is 10.6. The van der Waals surface area contributed by atoms with Gasteiger partial charge in [0.25, 0.3) is 0 Å². The average Bonchev–Trinajstić information content (AvgIpc) is 2.72. The number of nitrogens with zero attached hydrogens (tertiary/aromatic N) is 3. The molecule has 1 heterocycles. The lowest BCUT2D eigenvalue weighted by atomic mass is 10.1. The SMILES string of the molecule is CCCc1c(C=O)nnn1Cc1cccc(C)c1. The molecule has 0 amide bonds. The molecule has 2 aromatic rings. The third-order valence-electron chi connectivity index (χ3n) is 2.88. The van der Waals surface area contributed by atoms with Crippen molar-refractivity contribution in [2.75, 3.05) is 0 Å². The van der Waals surface area contributed by atoms with Gasteiger partial charge in [0.15, 0.2) is 6.29 Å². The molecular formula is C14H17N3O. The minimum atomic E-state index is 0.463. The van der Waals surface area contributed by atoms with E-state index in [-0.39, 0.29) is 0 Å². The van der Waals surface area contributed by atoms with E-state index < -0.39 is 0 Å². The number of aromatic nitrogens is 3. The monoisotopic (exact) mass is 243 g/mol. The minimum absolute atomic E-state index is 0.463. The topological polar surface area (TPSA) is 47.8 Å². The summed E-state index contributed by atoms with van der Waals surface area (Å²) < 4.78 is 1.82. The van der Waals surface area contributed by atoms with Crippen molar-refractivity contribution in [3.63, 3.8) is 0 Å². The van der Waals surface area contributed by atoms with Crippen LogP contribution >= 0.6 is 0 Å². The summed E-state index contributed by atoms with van der Waals surface area (Å²) in [5, 5.41) is 7.98. The van der Waals surface area contributed by atoms with E-state index in [0.717, 1.165) is 24.8 Å². The Hall–Kier alpha value is -1.97. The Morgan fingerprint density at radius 1 is 1.39 bits per heavy atom. The molecule has 0 saturated carbocycles. The van der Waals surface area contributed by atoms with Crippen LogP contribution in [0.5, 0.6) is 0 Å². The van der Waals surface area contributed by atoms with Crippen molar-refractivity contribution in [3.8, 4) is 0 Å². The highest BCUT2D eigenvalue weighted by atomic mass is 16.1. The van der Waals surface area contributed by atoms with Crippen molar-refractivity contribution < 1.29 is 4.79 Å². The molecule has 1 aromatic carbocycles. The quantitative estimate of drug-likeness (QED) is 0.758. The summed E-state index contributed by atoms with van der Waals surface area (Å²) in [6.45, 7) is 4.81. The lowest BCUT2D eigenvalue weighted by Crippen LogP contribution is -2.07. The molecule has 0 spiro atoms. The Kier molecular flexibility index (Phi) is 3.87. The first kappa shape index (κ1) is 12.5. The average molecular weight is 243 g/mol. The van der Waals surface area contributed by atoms with Gasteiger partial charge in [-0.05, 0) is 18.9 Å². The standard InChI is InChI=1S/C14H17N3O/c1-3-5-14-13(10-18)15-16-17(14)9-12-7-4-6-11(2)8-12/h4,6-8,10H,3,5,9H2,1-2H3. The molecule has 0 fully saturated rings. The van der Waals surface area contributed by atoms with Crippen molar-refractivity contribution in [1.29, 1.82) is 0 Å². The molecule has 4 nitrogen and oxygen atoms in total. The van der Waals surface area contributed by atoms with E-state index in [4.69, 9.17) is 0 Å². The number of hydrogen-bond acceptors (Lipinski definition) is 3. The molecule has 94 valence electrons. The summed E-state index contributed by atoms with van der Waals surface area (Å²) in [4.78, 5) is 10.9. The van der Waals surface area contributed by atoms with Crippen LogP contribution in [0, 0.1) is 6.92 Å². The van der Waals surface area contributed by atoms with Crippen LogP contribution in [0.4, 0.5) is 0 Å². The van der Waals surface area contributed by atoms with E-state index in [0.29, 0.717) is 12.2 Å². The van der Waals surface area contributed by atoms with Crippen LogP contribution in [-0.4, -0.2) is 21.3 Å². The Labute approximate surface area is 107 Å². The molecule has 0 N–H and O–H groups in total. The van der Waals surface area contributed by atoms with Gasteiger partial charge in [-0.25, -0.2) is 4.68 Å². The van der Waals surface area contributed by atoms with Gasteiger partial charge in [-0.1, -0.05) is 48.4 Å². The van der Waals surface area contributed by atoms with Gasteiger partial charge >= 0.3 is 0 Å². The van der Waals surface area contributed by atoms with E-state index >= 15 is 0 Å². The summed E-state index contributed by atoms with van der Waals surface area (Å²) >= 11 is 0. The number of aldehydes is 1. The molecule has 2 rings (SSSR count). The van der Waals surface area contributed by atoms with Gasteiger partial charge in [-0.3, -0.25) is 4.79 Å². The predicted molar refractivity (Wildman–Crippen MR) is 69.7 cm³/mol. The molecule has 0 aliphatic heterocycles. The predicted octanol–water partition coefficient (Wildman–Crippen LogP) is 2.40. The maximum Gasteiger partial charge on any atom is 0.172 e. The number of carbonyl (C=O) groups excluding carboxylic acids is 1.